The van der Waals surface area contributed by atoms with Crippen molar-refractivity contribution >= 4 is 17.5 Å². The summed E-state index contributed by atoms with van der Waals surface area (Å²) in [5, 5.41) is 8.54. The monoisotopic (exact) mass is 291 g/mol. The summed E-state index contributed by atoms with van der Waals surface area (Å²) < 4.78 is 5.30. The zero-order chi connectivity index (χ0) is 15.2. The molecule has 21 heavy (non-hydrogen) atoms. The Kier molecular flexibility index (Phi) is 5.16. The van der Waals surface area contributed by atoms with E-state index < -0.39 is 0 Å². The molecule has 1 aliphatic rings. The molecule has 1 aliphatic heterocycles. The number of benzene rings is 1. The van der Waals surface area contributed by atoms with Crippen LogP contribution in [0.2, 0.25) is 0 Å². The quantitative estimate of drug-likeness (QED) is 0.717. The van der Waals surface area contributed by atoms with Gasteiger partial charge in [0.25, 0.3) is 5.91 Å². The lowest BCUT2D eigenvalue weighted by Gasteiger charge is -2.31. The van der Waals surface area contributed by atoms with Crippen LogP contribution in [0.3, 0.4) is 0 Å². The molecule has 0 spiro atoms. The molecule has 1 saturated heterocycles. The standard InChI is InChI=1S/C15H21N3O3/c1-10(11-7-17-8-11)15(20)18-12-3-5-13(6-4-12)21-9-14(19)16-2/h3-6,10-11,17H,7-9H2,1-2H3,(H,16,19)(H,18,20). The van der Waals surface area contributed by atoms with Crippen LogP contribution >= 0.6 is 0 Å². The number of nitrogens with one attached hydrogen (secondary N) is 3. The molecule has 0 aliphatic carbocycles. The maximum atomic E-state index is 12.1. The second kappa shape index (κ2) is 7.08. The average molecular weight is 291 g/mol. The van der Waals surface area contributed by atoms with E-state index in [2.05, 4.69) is 16.0 Å². The molecule has 2 amide bonds. The minimum Gasteiger partial charge on any atom is -0.484 e. The van der Waals surface area contributed by atoms with E-state index in [0.717, 1.165) is 18.8 Å². The lowest BCUT2D eigenvalue weighted by Crippen LogP contribution is -2.48. The zero-order valence-electron chi connectivity index (χ0n) is 12.3. The highest BCUT2D eigenvalue weighted by molar-refractivity contribution is 5.92. The Bertz CT molecular complexity index is 497. The van der Waals surface area contributed by atoms with Gasteiger partial charge in [-0.2, -0.15) is 0 Å². The van der Waals surface area contributed by atoms with Gasteiger partial charge < -0.3 is 20.7 Å². The van der Waals surface area contributed by atoms with Gasteiger partial charge in [-0.15, -0.1) is 0 Å². The highest BCUT2D eigenvalue weighted by Crippen LogP contribution is 2.20. The van der Waals surface area contributed by atoms with Crippen LogP contribution in [0.25, 0.3) is 0 Å². The van der Waals surface area contributed by atoms with Crippen LogP contribution in [0.1, 0.15) is 6.92 Å². The van der Waals surface area contributed by atoms with Gasteiger partial charge in [-0.05, 0) is 43.3 Å². The van der Waals surface area contributed by atoms with E-state index in [-0.39, 0.29) is 24.3 Å². The third-order valence-corrected chi connectivity index (χ3v) is 3.70. The summed E-state index contributed by atoms with van der Waals surface area (Å²) in [6.07, 6.45) is 0. The topological polar surface area (TPSA) is 79.5 Å². The van der Waals surface area contributed by atoms with E-state index >= 15 is 0 Å². The molecule has 0 aromatic heterocycles. The molecule has 1 aromatic carbocycles. The zero-order valence-corrected chi connectivity index (χ0v) is 12.3. The van der Waals surface area contributed by atoms with Crippen molar-refractivity contribution in [2.24, 2.45) is 11.8 Å². The molecule has 2 rings (SSSR count). The van der Waals surface area contributed by atoms with Crippen molar-refractivity contribution in [3.63, 3.8) is 0 Å². The van der Waals surface area contributed by atoms with Crippen LogP contribution in [0, 0.1) is 11.8 Å². The fraction of sp³-hybridized carbons (Fsp3) is 0.467. The van der Waals surface area contributed by atoms with Gasteiger partial charge in [0.1, 0.15) is 5.75 Å². The van der Waals surface area contributed by atoms with E-state index in [1.54, 1.807) is 31.3 Å². The van der Waals surface area contributed by atoms with Crippen LogP contribution < -0.4 is 20.7 Å². The molecule has 0 radical (unpaired) electrons. The van der Waals surface area contributed by atoms with Crippen molar-refractivity contribution in [2.75, 3.05) is 32.1 Å². The van der Waals surface area contributed by atoms with Gasteiger partial charge in [0, 0.05) is 18.7 Å². The van der Waals surface area contributed by atoms with Crippen LogP contribution in [0.5, 0.6) is 5.75 Å². The number of carbonyl (C=O) groups excluding carboxylic acids is 2. The molecule has 1 unspecified atom stereocenters. The fourth-order valence-corrected chi connectivity index (χ4v) is 1.99. The van der Waals surface area contributed by atoms with Gasteiger partial charge in [0.05, 0.1) is 0 Å². The number of likely N-dealkylation sites (N-methyl/N-ethyl adjacent to an activating group) is 1. The van der Waals surface area contributed by atoms with Crippen molar-refractivity contribution in [1.82, 2.24) is 10.6 Å². The summed E-state index contributed by atoms with van der Waals surface area (Å²) >= 11 is 0. The van der Waals surface area contributed by atoms with Crippen molar-refractivity contribution < 1.29 is 14.3 Å². The van der Waals surface area contributed by atoms with Gasteiger partial charge in [-0.1, -0.05) is 6.92 Å². The maximum absolute atomic E-state index is 12.1. The summed E-state index contributed by atoms with van der Waals surface area (Å²) in [6, 6.07) is 6.99. The predicted octanol–water partition coefficient (Wildman–Crippen LogP) is 0.605. The number of amides is 2. The van der Waals surface area contributed by atoms with E-state index in [0.29, 0.717) is 11.7 Å². The van der Waals surface area contributed by atoms with Crippen LogP contribution in [-0.4, -0.2) is 38.6 Å². The molecule has 6 heteroatoms. The van der Waals surface area contributed by atoms with Gasteiger partial charge in [-0.3, -0.25) is 9.59 Å². The SMILES string of the molecule is CNC(=O)COc1ccc(NC(=O)C(C)C2CNC2)cc1. The first-order chi connectivity index (χ1) is 10.1. The Hall–Kier alpha value is -2.08. The second-order valence-corrected chi connectivity index (χ2v) is 5.18. The Morgan fingerprint density at radius 3 is 2.52 bits per heavy atom. The lowest BCUT2D eigenvalue weighted by atomic mass is 9.88. The van der Waals surface area contributed by atoms with E-state index in [1.807, 2.05) is 6.92 Å². The summed E-state index contributed by atoms with van der Waals surface area (Å²) in [4.78, 5) is 23.1. The second-order valence-electron chi connectivity index (χ2n) is 5.18. The smallest absolute Gasteiger partial charge is 0.257 e. The molecule has 1 heterocycles. The molecule has 1 atom stereocenters. The highest BCUT2D eigenvalue weighted by Gasteiger charge is 2.28. The summed E-state index contributed by atoms with van der Waals surface area (Å²) in [6.45, 7) is 3.73. The third kappa shape index (κ3) is 4.19. The molecule has 6 nitrogen and oxygen atoms in total. The van der Waals surface area contributed by atoms with Gasteiger partial charge in [0.2, 0.25) is 5.91 Å². The minimum absolute atomic E-state index is 0.00423. The van der Waals surface area contributed by atoms with Gasteiger partial charge in [0.15, 0.2) is 6.61 Å². The fourth-order valence-electron chi connectivity index (χ4n) is 1.99. The third-order valence-electron chi connectivity index (χ3n) is 3.70. The first kappa shape index (κ1) is 15.3. The number of hydrogen-bond donors (Lipinski definition) is 3. The molecule has 0 saturated carbocycles. The van der Waals surface area contributed by atoms with Crippen LogP contribution in [0.4, 0.5) is 5.69 Å². The highest BCUT2D eigenvalue weighted by atomic mass is 16.5. The number of carbonyl (C=O) groups is 2. The molecule has 1 aromatic rings. The van der Waals surface area contributed by atoms with Crippen molar-refractivity contribution in [3.05, 3.63) is 24.3 Å². The van der Waals surface area contributed by atoms with Crippen LogP contribution in [0.15, 0.2) is 24.3 Å². The van der Waals surface area contributed by atoms with Crippen molar-refractivity contribution in [2.45, 2.75) is 6.92 Å². The van der Waals surface area contributed by atoms with E-state index in [4.69, 9.17) is 4.74 Å². The summed E-state index contributed by atoms with van der Waals surface area (Å²) in [5.41, 5.74) is 0.728. The average Bonchev–Trinajstić information content (AvgIpc) is 2.44. The van der Waals surface area contributed by atoms with Crippen molar-refractivity contribution in [1.29, 1.82) is 0 Å². The summed E-state index contributed by atoms with van der Waals surface area (Å²) in [5.74, 6) is 0.847. The van der Waals surface area contributed by atoms with Crippen LogP contribution in [-0.2, 0) is 9.59 Å². The predicted molar refractivity (Wildman–Crippen MR) is 80.2 cm³/mol. The normalized spacial score (nSPS) is 15.7. The van der Waals surface area contributed by atoms with Gasteiger partial charge >= 0.3 is 0 Å². The number of hydrogen-bond acceptors (Lipinski definition) is 4. The number of anilines is 1. The van der Waals surface area contributed by atoms with Gasteiger partial charge in [-0.25, -0.2) is 0 Å². The summed E-state index contributed by atoms with van der Waals surface area (Å²) in [7, 11) is 1.56. The molecule has 0 bridgehead atoms. The van der Waals surface area contributed by atoms with Crippen molar-refractivity contribution in [3.8, 4) is 5.75 Å². The number of ether oxygens (including phenoxy) is 1. The maximum Gasteiger partial charge on any atom is 0.257 e. The number of rotatable bonds is 6. The Morgan fingerprint density at radius 1 is 1.33 bits per heavy atom. The Labute approximate surface area is 124 Å². The molecular formula is C15H21N3O3. The first-order valence-corrected chi connectivity index (χ1v) is 7.05. The Morgan fingerprint density at radius 2 is 2.00 bits per heavy atom. The molecule has 3 N–H and O–H groups in total. The molecule has 1 fully saturated rings. The van der Waals surface area contributed by atoms with E-state index in [1.165, 1.54) is 0 Å². The van der Waals surface area contributed by atoms with E-state index in [9.17, 15) is 9.59 Å². The molecular weight excluding hydrogens is 270 g/mol. The largest absolute Gasteiger partial charge is 0.484 e. The Balaban J connectivity index is 1.84. The lowest BCUT2D eigenvalue weighted by molar-refractivity contribution is -0.122. The minimum atomic E-state index is -0.185. The first-order valence-electron chi connectivity index (χ1n) is 7.05. The molecule has 114 valence electrons.